The fraction of sp³-hybridized carbons (Fsp3) is 0.312. The summed E-state index contributed by atoms with van der Waals surface area (Å²) in [6.07, 6.45) is 1.25. The molecule has 6 aromatic rings. The van der Waals surface area contributed by atoms with E-state index in [1.165, 1.54) is 12.1 Å². The van der Waals surface area contributed by atoms with Crippen molar-refractivity contribution in [2.45, 2.75) is 50.7 Å². The van der Waals surface area contributed by atoms with E-state index < -0.39 is 18.2 Å². The number of pyridine rings is 1. The summed E-state index contributed by atoms with van der Waals surface area (Å²) in [7, 11) is 0. The SMILES string of the molecule is O=C(N[C@@H](c1ccccc1)c1cccc(OCc2ccc(C(=O)N(CCCNCC(O)c3ccc(O)c4[nH]c(=O)ccc34)Cc3ccccc3)o2)c1)OC1CN2CCC1CC2. The quantitative estimate of drug-likeness (QED) is 0.0627. The molecule has 3 fully saturated rings. The lowest BCUT2D eigenvalue weighted by Gasteiger charge is -2.43. The topological polar surface area (TPSA) is 170 Å². The van der Waals surface area contributed by atoms with Gasteiger partial charge in [-0.15, -0.1) is 0 Å². The molecule has 3 atom stereocenters. The molecule has 4 aromatic carbocycles. The van der Waals surface area contributed by atoms with Gasteiger partial charge in [-0.1, -0.05) is 78.9 Å². The maximum absolute atomic E-state index is 13.9. The molecule has 2 amide bonds. The second-order valence-electron chi connectivity index (χ2n) is 15.8. The van der Waals surface area contributed by atoms with Gasteiger partial charge in [-0.05, 0) is 103 Å². The Bertz CT molecular complexity index is 2470. The molecule has 0 saturated carbocycles. The van der Waals surface area contributed by atoms with Crippen molar-refractivity contribution in [1.29, 1.82) is 0 Å². The van der Waals surface area contributed by atoms with Gasteiger partial charge in [0.05, 0.1) is 17.7 Å². The highest BCUT2D eigenvalue weighted by Gasteiger charge is 2.37. The number of H-pyrrole nitrogens is 1. The van der Waals surface area contributed by atoms with Gasteiger partial charge in [-0.25, -0.2) is 4.79 Å². The van der Waals surface area contributed by atoms with E-state index >= 15 is 0 Å². The van der Waals surface area contributed by atoms with Crippen molar-refractivity contribution < 1.29 is 33.7 Å². The lowest BCUT2D eigenvalue weighted by molar-refractivity contribution is -0.0336. The van der Waals surface area contributed by atoms with Gasteiger partial charge in [0.15, 0.2) is 5.76 Å². The Hall–Kier alpha value is -6.41. The number of hydrogen-bond acceptors (Lipinski definition) is 10. The van der Waals surface area contributed by atoms with E-state index in [2.05, 4.69) is 20.5 Å². The number of phenols is 1. The minimum absolute atomic E-state index is 0.0674. The fourth-order valence-corrected chi connectivity index (χ4v) is 8.35. The molecule has 5 heterocycles. The number of nitrogens with one attached hydrogen (secondary N) is 3. The number of amides is 2. The van der Waals surface area contributed by atoms with Crippen LogP contribution in [0.25, 0.3) is 10.9 Å². The largest absolute Gasteiger partial charge is 0.506 e. The first-order valence-electron chi connectivity index (χ1n) is 20.9. The number of aromatic hydroxyl groups is 1. The predicted molar refractivity (Wildman–Crippen MR) is 230 cm³/mol. The first kappa shape index (κ1) is 41.3. The highest BCUT2D eigenvalue weighted by molar-refractivity contribution is 5.91. The second kappa shape index (κ2) is 19.3. The van der Waals surface area contributed by atoms with E-state index in [0.29, 0.717) is 54.4 Å². The summed E-state index contributed by atoms with van der Waals surface area (Å²) in [5.74, 6) is 1.32. The van der Waals surface area contributed by atoms with Gasteiger partial charge in [0.2, 0.25) is 5.56 Å². The van der Waals surface area contributed by atoms with Crippen LogP contribution in [-0.4, -0.2) is 82.4 Å². The summed E-state index contributed by atoms with van der Waals surface area (Å²) >= 11 is 0. The van der Waals surface area contributed by atoms with Crippen LogP contribution in [0.2, 0.25) is 0 Å². The zero-order valence-electron chi connectivity index (χ0n) is 33.9. The van der Waals surface area contributed by atoms with E-state index in [0.717, 1.165) is 49.2 Å². The summed E-state index contributed by atoms with van der Waals surface area (Å²) in [6, 6.07) is 36.1. The van der Waals surface area contributed by atoms with E-state index in [1.807, 2.05) is 84.9 Å². The van der Waals surface area contributed by atoms with Gasteiger partial charge in [0, 0.05) is 37.6 Å². The van der Waals surface area contributed by atoms with Gasteiger partial charge in [0.25, 0.3) is 5.91 Å². The molecule has 3 aliphatic rings. The number of rotatable bonds is 17. The first-order chi connectivity index (χ1) is 29.8. The molecule has 13 nitrogen and oxygen atoms in total. The number of carbonyl (C=O) groups excluding carboxylic acids is 2. The Balaban J connectivity index is 0.877. The number of aromatic nitrogens is 1. The molecule has 316 valence electrons. The minimum Gasteiger partial charge on any atom is -0.506 e. The third kappa shape index (κ3) is 10.3. The molecule has 2 unspecified atom stereocenters. The molecule has 3 saturated heterocycles. The van der Waals surface area contributed by atoms with Crippen molar-refractivity contribution in [3.63, 3.8) is 0 Å². The number of aliphatic hydroxyl groups is 1. The maximum atomic E-state index is 13.9. The van der Waals surface area contributed by atoms with Crippen molar-refractivity contribution >= 4 is 22.9 Å². The average Bonchev–Trinajstić information content (AvgIpc) is 3.77. The van der Waals surface area contributed by atoms with E-state index in [4.69, 9.17) is 13.9 Å². The molecular formula is C48H51N5O8. The van der Waals surface area contributed by atoms with Gasteiger partial charge in [-0.3, -0.25) is 14.5 Å². The van der Waals surface area contributed by atoms with E-state index in [9.17, 15) is 24.6 Å². The van der Waals surface area contributed by atoms with Crippen LogP contribution in [0.4, 0.5) is 4.79 Å². The van der Waals surface area contributed by atoms with Crippen LogP contribution >= 0.6 is 0 Å². The summed E-state index contributed by atoms with van der Waals surface area (Å²) in [4.78, 5) is 45.7. The summed E-state index contributed by atoms with van der Waals surface area (Å²) in [6.45, 7) is 4.53. The maximum Gasteiger partial charge on any atom is 0.408 e. The third-order valence-electron chi connectivity index (χ3n) is 11.6. The summed E-state index contributed by atoms with van der Waals surface area (Å²) in [5.41, 5.74) is 3.23. The van der Waals surface area contributed by atoms with Gasteiger partial charge < -0.3 is 44.6 Å². The monoisotopic (exact) mass is 825 g/mol. The number of piperidine rings is 3. The minimum atomic E-state index is -0.896. The molecule has 0 aliphatic carbocycles. The Morgan fingerprint density at radius 2 is 1.67 bits per heavy atom. The number of furan rings is 1. The molecular weight excluding hydrogens is 775 g/mol. The standard InChI is InChI=1S/C48H51N5O8/c54-40-18-16-38(39-17-20-44(56)50-46(39)40)41(55)28-49-23-8-24-53(29-32-9-3-1-4-10-32)47(57)42-19-15-37(60-42)31-59-36-14-7-13-35(27-36)45(34-11-5-2-6-12-34)51-48(58)61-43-30-52-25-21-33(43)22-26-52/h1-7,9-20,27,33,41,43,45,49,54-55H,8,21-26,28-31H2,(H,50,56)(H,51,58)/t41?,43?,45-/m0/s1. The van der Waals surface area contributed by atoms with Crippen LogP contribution < -0.4 is 20.9 Å². The molecule has 0 radical (unpaired) electrons. The van der Waals surface area contributed by atoms with Crippen LogP contribution in [0.15, 0.2) is 131 Å². The number of benzene rings is 4. The molecule has 5 N–H and O–H groups in total. The smallest absolute Gasteiger partial charge is 0.408 e. The number of carbonyl (C=O) groups is 2. The van der Waals surface area contributed by atoms with Crippen molar-refractivity contribution in [2.24, 2.45) is 5.92 Å². The zero-order valence-corrected chi connectivity index (χ0v) is 33.9. The molecule has 0 spiro atoms. The molecule has 61 heavy (non-hydrogen) atoms. The fourth-order valence-electron chi connectivity index (χ4n) is 8.35. The lowest BCUT2D eigenvalue weighted by Crippen LogP contribution is -2.52. The average molecular weight is 826 g/mol. The molecule has 13 heteroatoms. The van der Waals surface area contributed by atoms with Crippen LogP contribution in [0.5, 0.6) is 11.5 Å². The molecule has 2 aromatic heterocycles. The number of aliphatic hydroxyl groups excluding tert-OH is 1. The number of ether oxygens (including phenoxy) is 2. The Labute approximate surface area is 353 Å². The Morgan fingerprint density at radius 3 is 2.44 bits per heavy atom. The number of alkyl carbamates (subject to hydrolysis) is 1. The second-order valence-corrected chi connectivity index (χ2v) is 15.8. The van der Waals surface area contributed by atoms with Crippen molar-refractivity contribution in [3.05, 3.63) is 165 Å². The summed E-state index contributed by atoms with van der Waals surface area (Å²) < 4.78 is 18.2. The number of aromatic amines is 1. The first-order valence-corrected chi connectivity index (χ1v) is 20.9. The van der Waals surface area contributed by atoms with Crippen LogP contribution in [-0.2, 0) is 17.9 Å². The highest BCUT2D eigenvalue weighted by atomic mass is 16.6. The van der Waals surface area contributed by atoms with Crippen LogP contribution in [0.1, 0.15) is 70.0 Å². The van der Waals surface area contributed by atoms with Crippen molar-refractivity contribution in [2.75, 3.05) is 39.3 Å². The molecule has 3 aliphatic heterocycles. The normalized spacial score (nSPS) is 18.0. The molecule has 9 rings (SSSR count). The van der Waals surface area contributed by atoms with Crippen LogP contribution in [0, 0.1) is 5.92 Å². The van der Waals surface area contributed by atoms with Crippen LogP contribution in [0.3, 0.4) is 0 Å². The predicted octanol–water partition coefficient (Wildman–Crippen LogP) is 6.67. The van der Waals surface area contributed by atoms with Gasteiger partial charge in [0.1, 0.15) is 30.0 Å². The summed E-state index contributed by atoms with van der Waals surface area (Å²) in [5, 5.41) is 28.1. The Kier molecular flexibility index (Phi) is 13.1. The van der Waals surface area contributed by atoms with E-state index in [1.54, 1.807) is 29.2 Å². The number of nitrogens with zero attached hydrogens (tertiary/aromatic N) is 2. The number of phenolic OH excluding ortho intramolecular Hbond substituents is 1. The lowest BCUT2D eigenvalue weighted by atomic mass is 9.86. The third-order valence-corrected chi connectivity index (χ3v) is 11.6. The van der Waals surface area contributed by atoms with Crippen molar-refractivity contribution in [1.82, 2.24) is 25.4 Å². The zero-order chi connectivity index (χ0) is 42.1. The highest BCUT2D eigenvalue weighted by Crippen LogP contribution is 2.32. The van der Waals surface area contributed by atoms with Crippen molar-refractivity contribution in [3.8, 4) is 11.5 Å². The number of fused-ring (bicyclic) bond motifs is 4. The molecule has 2 bridgehead atoms. The van der Waals surface area contributed by atoms with E-state index in [-0.39, 0.29) is 47.7 Å². The Morgan fingerprint density at radius 1 is 0.902 bits per heavy atom. The van der Waals surface area contributed by atoms with Gasteiger partial charge >= 0.3 is 6.09 Å². The number of hydrogen-bond donors (Lipinski definition) is 5. The van der Waals surface area contributed by atoms with Gasteiger partial charge in [-0.2, -0.15) is 0 Å².